The Morgan fingerprint density at radius 2 is 2.09 bits per heavy atom. The zero-order valence-corrected chi connectivity index (χ0v) is 7.39. The van der Waals surface area contributed by atoms with E-state index in [1.54, 1.807) is 0 Å². The molecular formula is C10H16O. The summed E-state index contributed by atoms with van der Waals surface area (Å²) in [5.74, 6) is 2.16. The summed E-state index contributed by atoms with van der Waals surface area (Å²) in [7, 11) is 0. The number of unbranched alkanes of at least 4 members (excludes halogenated alkanes) is 2. The van der Waals surface area contributed by atoms with Crippen molar-refractivity contribution in [1.82, 2.24) is 0 Å². The molecule has 1 rings (SSSR count). The fourth-order valence-electron chi connectivity index (χ4n) is 1.17. The minimum absolute atomic E-state index is 1.02. The molecule has 0 saturated heterocycles. The van der Waals surface area contributed by atoms with Gasteiger partial charge in [-0.1, -0.05) is 19.8 Å². The maximum Gasteiger partial charge on any atom is 0.104 e. The third-order valence-corrected chi connectivity index (χ3v) is 1.82. The molecule has 62 valence electrons. The van der Waals surface area contributed by atoms with Crippen LogP contribution in [0.1, 0.15) is 37.7 Å². The lowest BCUT2D eigenvalue weighted by Crippen LogP contribution is -1.80. The summed E-state index contributed by atoms with van der Waals surface area (Å²) in [6.07, 6.45) is 4.94. The molecule has 11 heavy (non-hydrogen) atoms. The lowest BCUT2D eigenvalue weighted by atomic mass is 10.2. The van der Waals surface area contributed by atoms with Gasteiger partial charge in [-0.2, -0.15) is 0 Å². The van der Waals surface area contributed by atoms with E-state index in [1.807, 2.05) is 13.0 Å². The van der Waals surface area contributed by atoms with Crippen LogP contribution in [0, 0.1) is 6.92 Å². The molecule has 1 heteroatoms. The van der Waals surface area contributed by atoms with Gasteiger partial charge in [0.15, 0.2) is 0 Å². The second kappa shape index (κ2) is 4.22. The van der Waals surface area contributed by atoms with Crippen molar-refractivity contribution in [3.8, 4) is 0 Å². The van der Waals surface area contributed by atoms with Crippen molar-refractivity contribution in [3.63, 3.8) is 0 Å². The van der Waals surface area contributed by atoms with Gasteiger partial charge in [0.05, 0.1) is 0 Å². The first-order valence-corrected chi connectivity index (χ1v) is 4.38. The van der Waals surface area contributed by atoms with Gasteiger partial charge in [0.1, 0.15) is 11.5 Å². The van der Waals surface area contributed by atoms with Crippen molar-refractivity contribution < 1.29 is 4.42 Å². The summed E-state index contributed by atoms with van der Waals surface area (Å²) in [5, 5.41) is 0. The lowest BCUT2D eigenvalue weighted by Gasteiger charge is -1.94. The molecule has 0 radical (unpaired) electrons. The monoisotopic (exact) mass is 152 g/mol. The van der Waals surface area contributed by atoms with Gasteiger partial charge in [-0.15, -0.1) is 0 Å². The predicted molar refractivity (Wildman–Crippen MR) is 46.7 cm³/mol. The highest BCUT2D eigenvalue weighted by Crippen LogP contribution is 2.10. The van der Waals surface area contributed by atoms with Crippen molar-refractivity contribution in [2.45, 2.75) is 39.5 Å². The molecule has 1 aromatic heterocycles. The maximum absolute atomic E-state index is 5.43. The molecule has 0 saturated carbocycles. The van der Waals surface area contributed by atoms with E-state index in [1.165, 1.54) is 19.3 Å². The topological polar surface area (TPSA) is 13.1 Å². The Hall–Kier alpha value is -0.720. The van der Waals surface area contributed by atoms with Gasteiger partial charge < -0.3 is 4.42 Å². The molecule has 1 nitrogen and oxygen atoms in total. The van der Waals surface area contributed by atoms with Gasteiger partial charge in [0, 0.05) is 6.42 Å². The van der Waals surface area contributed by atoms with Crippen molar-refractivity contribution in [1.29, 1.82) is 0 Å². The van der Waals surface area contributed by atoms with Gasteiger partial charge in [-0.3, -0.25) is 0 Å². The van der Waals surface area contributed by atoms with E-state index in [2.05, 4.69) is 13.0 Å². The molecule has 0 aromatic carbocycles. The first-order chi connectivity index (χ1) is 5.33. The molecule has 0 N–H and O–H groups in total. The zero-order chi connectivity index (χ0) is 8.10. The molecule has 0 fully saturated rings. The second-order valence-corrected chi connectivity index (χ2v) is 2.97. The Balaban J connectivity index is 2.27. The zero-order valence-electron chi connectivity index (χ0n) is 7.39. The Morgan fingerprint density at radius 1 is 1.27 bits per heavy atom. The van der Waals surface area contributed by atoms with E-state index in [0.717, 1.165) is 17.9 Å². The fraction of sp³-hybridized carbons (Fsp3) is 0.600. The van der Waals surface area contributed by atoms with E-state index in [0.29, 0.717) is 0 Å². The highest BCUT2D eigenvalue weighted by molar-refractivity contribution is 5.05. The van der Waals surface area contributed by atoms with Crippen LogP contribution in [0.5, 0.6) is 0 Å². The molecule has 1 heterocycles. The van der Waals surface area contributed by atoms with Gasteiger partial charge in [-0.25, -0.2) is 0 Å². The normalized spacial score (nSPS) is 10.4. The third-order valence-electron chi connectivity index (χ3n) is 1.82. The Labute approximate surface area is 68.4 Å². The summed E-state index contributed by atoms with van der Waals surface area (Å²) in [6.45, 7) is 4.21. The number of hydrogen-bond donors (Lipinski definition) is 0. The van der Waals surface area contributed by atoms with Crippen molar-refractivity contribution in [3.05, 3.63) is 23.7 Å². The van der Waals surface area contributed by atoms with Crippen LogP contribution in [0.3, 0.4) is 0 Å². The molecule has 0 bridgehead atoms. The van der Waals surface area contributed by atoms with Crippen LogP contribution in [-0.2, 0) is 6.42 Å². The highest BCUT2D eigenvalue weighted by atomic mass is 16.3. The number of aryl methyl sites for hydroxylation is 2. The van der Waals surface area contributed by atoms with E-state index >= 15 is 0 Å². The summed E-state index contributed by atoms with van der Waals surface area (Å²) in [4.78, 5) is 0. The molecule has 0 unspecified atom stereocenters. The van der Waals surface area contributed by atoms with Crippen LogP contribution in [-0.4, -0.2) is 0 Å². The minimum Gasteiger partial charge on any atom is -0.466 e. The quantitative estimate of drug-likeness (QED) is 0.603. The number of furan rings is 1. The lowest BCUT2D eigenvalue weighted by molar-refractivity contribution is 0.473. The van der Waals surface area contributed by atoms with Crippen LogP contribution < -0.4 is 0 Å². The van der Waals surface area contributed by atoms with Crippen molar-refractivity contribution in [2.24, 2.45) is 0 Å². The van der Waals surface area contributed by atoms with Crippen LogP contribution in [0.15, 0.2) is 16.5 Å². The Morgan fingerprint density at radius 3 is 2.64 bits per heavy atom. The van der Waals surface area contributed by atoms with Crippen LogP contribution in [0.2, 0.25) is 0 Å². The van der Waals surface area contributed by atoms with Gasteiger partial charge in [-0.05, 0) is 25.5 Å². The molecule has 0 aliphatic carbocycles. The van der Waals surface area contributed by atoms with Crippen LogP contribution in [0.4, 0.5) is 0 Å². The molecular weight excluding hydrogens is 136 g/mol. The standard InChI is InChI=1S/C10H16O/c1-3-4-5-6-10-8-7-9(2)11-10/h7-8H,3-6H2,1-2H3. The summed E-state index contributed by atoms with van der Waals surface area (Å²) < 4.78 is 5.43. The first-order valence-electron chi connectivity index (χ1n) is 4.38. The molecule has 0 atom stereocenters. The highest BCUT2D eigenvalue weighted by Gasteiger charge is 1.96. The predicted octanol–water partition coefficient (Wildman–Crippen LogP) is 3.32. The van der Waals surface area contributed by atoms with Crippen LogP contribution >= 0.6 is 0 Å². The van der Waals surface area contributed by atoms with E-state index < -0.39 is 0 Å². The third kappa shape index (κ3) is 2.79. The van der Waals surface area contributed by atoms with Gasteiger partial charge in [0.2, 0.25) is 0 Å². The van der Waals surface area contributed by atoms with Crippen molar-refractivity contribution in [2.75, 3.05) is 0 Å². The average Bonchev–Trinajstić information content (AvgIpc) is 2.37. The Kier molecular flexibility index (Phi) is 3.21. The molecule has 0 spiro atoms. The smallest absolute Gasteiger partial charge is 0.104 e. The largest absolute Gasteiger partial charge is 0.466 e. The van der Waals surface area contributed by atoms with E-state index in [9.17, 15) is 0 Å². The molecule has 0 aliphatic rings. The molecule has 0 aliphatic heterocycles. The van der Waals surface area contributed by atoms with E-state index in [4.69, 9.17) is 4.42 Å². The first kappa shape index (κ1) is 8.38. The molecule has 1 aromatic rings. The van der Waals surface area contributed by atoms with Crippen molar-refractivity contribution >= 4 is 0 Å². The number of rotatable bonds is 4. The van der Waals surface area contributed by atoms with Gasteiger partial charge in [0.25, 0.3) is 0 Å². The summed E-state index contributed by atoms with van der Waals surface area (Å²) in [6, 6.07) is 4.10. The average molecular weight is 152 g/mol. The summed E-state index contributed by atoms with van der Waals surface area (Å²) >= 11 is 0. The summed E-state index contributed by atoms with van der Waals surface area (Å²) in [5.41, 5.74) is 0. The SMILES string of the molecule is CCCCCc1ccc(C)o1. The van der Waals surface area contributed by atoms with Gasteiger partial charge >= 0.3 is 0 Å². The van der Waals surface area contributed by atoms with E-state index in [-0.39, 0.29) is 0 Å². The second-order valence-electron chi connectivity index (χ2n) is 2.97. The number of hydrogen-bond acceptors (Lipinski definition) is 1. The maximum atomic E-state index is 5.43. The molecule has 0 amide bonds. The Bertz CT molecular complexity index is 200. The minimum atomic E-state index is 1.02. The van der Waals surface area contributed by atoms with Crippen LogP contribution in [0.25, 0.3) is 0 Å². The fourth-order valence-corrected chi connectivity index (χ4v) is 1.17.